The van der Waals surface area contributed by atoms with Crippen molar-refractivity contribution in [2.75, 3.05) is 17.3 Å². The predicted octanol–water partition coefficient (Wildman–Crippen LogP) is 2.04. The lowest BCUT2D eigenvalue weighted by Gasteiger charge is -2.10. The number of hydrogen-bond donors (Lipinski definition) is 3. The minimum Gasteiger partial charge on any atom is -0.480 e. The quantitative estimate of drug-likeness (QED) is 0.579. The van der Waals surface area contributed by atoms with Crippen LogP contribution in [0, 0.1) is 0 Å². The van der Waals surface area contributed by atoms with Gasteiger partial charge in [-0.25, -0.2) is 10.8 Å². The van der Waals surface area contributed by atoms with E-state index in [1.54, 1.807) is 42.6 Å². The maximum absolute atomic E-state index is 11.7. The van der Waals surface area contributed by atoms with Crippen LogP contribution < -0.4 is 21.3 Å². The van der Waals surface area contributed by atoms with Gasteiger partial charge in [0.1, 0.15) is 0 Å². The highest BCUT2D eigenvalue weighted by atomic mass is 35.5. The maximum Gasteiger partial charge on any atom is 0.262 e. The molecule has 0 bridgehead atoms. The Hall–Kier alpha value is -2.31. The topological polar surface area (TPSA) is 89.3 Å². The Kier molecular flexibility index (Phi) is 4.75. The minimum absolute atomic E-state index is 0.150. The van der Waals surface area contributed by atoms with E-state index in [0.717, 1.165) is 0 Å². The highest BCUT2D eigenvalue weighted by Gasteiger charge is 2.07. The fourth-order valence-electron chi connectivity index (χ4n) is 1.49. The van der Waals surface area contributed by atoms with E-state index in [1.165, 1.54) is 0 Å². The molecule has 2 rings (SSSR count). The van der Waals surface area contributed by atoms with Crippen LogP contribution in [0.15, 0.2) is 42.6 Å². The van der Waals surface area contributed by atoms with Crippen molar-refractivity contribution in [3.8, 4) is 5.75 Å². The first-order valence-corrected chi connectivity index (χ1v) is 6.16. The summed E-state index contributed by atoms with van der Waals surface area (Å²) >= 11 is 5.76. The van der Waals surface area contributed by atoms with Crippen LogP contribution in [0.1, 0.15) is 0 Å². The van der Waals surface area contributed by atoms with E-state index in [2.05, 4.69) is 15.7 Å². The van der Waals surface area contributed by atoms with Crippen LogP contribution in [-0.2, 0) is 4.79 Å². The molecule has 0 aliphatic rings. The summed E-state index contributed by atoms with van der Waals surface area (Å²) in [5.41, 5.74) is 3.04. The number of hydrogen-bond acceptors (Lipinski definition) is 5. The lowest BCUT2D eigenvalue weighted by atomic mass is 10.3. The van der Waals surface area contributed by atoms with Crippen LogP contribution in [0.2, 0.25) is 5.02 Å². The van der Waals surface area contributed by atoms with Gasteiger partial charge in [0.2, 0.25) is 0 Å². The number of carbonyl (C=O) groups excluding carboxylic acids is 1. The second-order valence-corrected chi connectivity index (χ2v) is 4.27. The van der Waals surface area contributed by atoms with E-state index >= 15 is 0 Å². The van der Waals surface area contributed by atoms with E-state index in [-0.39, 0.29) is 12.5 Å². The van der Waals surface area contributed by atoms with Crippen LogP contribution in [0.3, 0.4) is 0 Å². The molecule has 104 valence electrons. The van der Waals surface area contributed by atoms with Crippen molar-refractivity contribution in [2.24, 2.45) is 5.84 Å². The summed E-state index contributed by atoms with van der Waals surface area (Å²) in [6, 6.07) is 10.1. The maximum atomic E-state index is 11.7. The predicted molar refractivity (Wildman–Crippen MR) is 77.6 cm³/mol. The van der Waals surface area contributed by atoms with Crippen molar-refractivity contribution in [2.45, 2.75) is 0 Å². The van der Waals surface area contributed by atoms with Crippen molar-refractivity contribution in [3.05, 3.63) is 47.6 Å². The van der Waals surface area contributed by atoms with E-state index < -0.39 is 0 Å². The zero-order valence-electron chi connectivity index (χ0n) is 10.5. The highest BCUT2D eigenvalue weighted by Crippen LogP contribution is 2.19. The van der Waals surface area contributed by atoms with E-state index in [1.807, 2.05) is 0 Å². The summed E-state index contributed by atoms with van der Waals surface area (Å²) in [5, 5.41) is 3.29. The summed E-state index contributed by atoms with van der Waals surface area (Å²) in [6.07, 6.45) is 1.57. The molecule has 0 saturated heterocycles. The Morgan fingerprint density at radius 3 is 2.75 bits per heavy atom. The van der Waals surface area contributed by atoms with E-state index in [9.17, 15) is 4.79 Å². The van der Waals surface area contributed by atoms with Gasteiger partial charge in [0.05, 0.1) is 0 Å². The van der Waals surface area contributed by atoms with Gasteiger partial charge in [0.15, 0.2) is 18.2 Å². The van der Waals surface area contributed by atoms with Crippen molar-refractivity contribution >= 4 is 29.0 Å². The molecule has 1 heterocycles. The zero-order chi connectivity index (χ0) is 14.4. The number of nitrogen functional groups attached to an aromatic ring is 1. The average molecular weight is 293 g/mol. The second-order valence-electron chi connectivity index (χ2n) is 3.84. The number of nitrogens with two attached hydrogens (primary N) is 1. The summed E-state index contributed by atoms with van der Waals surface area (Å²) in [7, 11) is 0. The number of nitrogens with one attached hydrogen (secondary N) is 2. The number of anilines is 2. The molecule has 0 atom stereocenters. The average Bonchev–Trinajstić information content (AvgIpc) is 2.48. The molecule has 0 aliphatic heterocycles. The molecule has 1 aromatic carbocycles. The van der Waals surface area contributed by atoms with E-state index in [4.69, 9.17) is 22.2 Å². The van der Waals surface area contributed by atoms with Gasteiger partial charge >= 0.3 is 0 Å². The molecule has 2 aromatic rings. The SMILES string of the molecule is NNc1ncccc1OCC(=O)Nc1ccc(Cl)cc1. The molecule has 4 N–H and O–H groups in total. The van der Waals surface area contributed by atoms with Gasteiger partial charge in [-0.2, -0.15) is 0 Å². The molecular formula is C13H13ClN4O2. The van der Waals surface area contributed by atoms with Crippen LogP contribution in [0.4, 0.5) is 11.5 Å². The Morgan fingerprint density at radius 2 is 2.05 bits per heavy atom. The van der Waals surface area contributed by atoms with Gasteiger partial charge in [-0.05, 0) is 36.4 Å². The number of nitrogens with zero attached hydrogens (tertiary/aromatic N) is 1. The van der Waals surface area contributed by atoms with Gasteiger partial charge < -0.3 is 15.5 Å². The monoisotopic (exact) mass is 292 g/mol. The summed E-state index contributed by atoms with van der Waals surface area (Å²) < 4.78 is 5.34. The molecule has 0 aliphatic carbocycles. The van der Waals surface area contributed by atoms with Gasteiger partial charge in [0, 0.05) is 16.9 Å². The van der Waals surface area contributed by atoms with Gasteiger partial charge in [-0.3, -0.25) is 4.79 Å². The molecule has 0 unspecified atom stereocenters. The lowest BCUT2D eigenvalue weighted by Crippen LogP contribution is -2.21. The molecule has 0 radical (unpaired) electrons. The number of halogens is 1. The summed E-state index contributed by atoms with van der Waals surface area (Å²) in [6.45, 7) is -0.150. The number of amides is 1. The fourth-order valence-corrected chi connectivity index (χ4v) is 1.62. The van der Waals surface area contributed by atoms with Gasteiger partial charge in [0.25, 0.3) is 5.91 Å². The highest BCUT2D eigenvalue weighted by molar-refractivity contribution is 6.30. The van der Waals surface area contributed by atoms with Gasteiger partial charge in [-0.1, -0.05) is 11.6 Å². The third kappa shape index (κ3) is 3.84. The van der Waals surface area contributed by atoms with E-state index in [0.29, 0.717) is 22.3 Å². The summed E-state index contributed by atoms with van der Waals surface area (Å²) in [4.78, 5) is 15.7. The Labute approximate surface area is 120 Å². The molecule has 20 heavy (non-hydrogen) atoms. The molecule has 6 nitrogen and oxygen atoms in total. The normalized spacial score (nSPS) is 9.90. The molecule has 1 aromatic heterocycles. The number of carbonyl (C=O) groups is 1. The first kappa shape index (κ1) is 14.1. The number of rotatable bonds is 5. The second kappa shape index (κ2) is 6.74. The molecule has 7 heteroatoms. The Balaban J connectivity index is 1.90. The number of pyridine rings is 1. The third-order valence-corrected chi connectivity index (χ3v) is 2.65. The van der Waals surface area contributed by atoms with Crippen LogP contribution in [0.5, 0.6) is 5.75 Å². The van der Waals surface area contributed by atoms with Crippen molar-refractivity contribution < 1.29 is 9.53 Å². The van der Waals surface area contributed by atoms with Crippen molar-refractivity contribution in [1.82, 2.24) is 4.98 Å². The first-order chi connectivity index (χ1) is 9.69. The van der Waals surface area contributed by atoms with Crippen LogP contribution in [-0.4, -0.2) is 17.5 Å². The number of ether oxygens (including phenoxy) is 1. The smallest absolute Gasteiger partial charge is 0.262 e. The molecule has 1 amide bonds. The number of benzene rings is 1. The zero-order valence-corrected chi connectivity index (χ0v) is 11.2. The largest absolute Gasteiger partial charge is 0.480 e. The van der Waals surface area contributed by atoms with Crippen molar-refractivity contribution in [3.63, 3.8) is 0 Å². The summed E-state index contributed by atoms with van der Waals surface area (Å²) in [5.74, 6) is 5.77. The molecule has 0 saturated carbocycles. The van der Waals surface area contributed by atoms with Crippen LogP contribution in [0.25, 0.3) is 0 Å². The minimum atomic E-state index is -0.292. The Morgan fingerprint density at radius 1 is 1.30 bits per heavy atom. The standard InChI is InChI=1S/C13H13ClN4O2/c14-9-3-5-10(6-4-9)17-12(19)8-20-11-2-1-7-16-13(11)18-15/h1-7H,8,15H2,(H,16,18)(H,17,19). The first-order valence-electron chi connectivity index (χ1n) is 5.79. The molecular weight excluding hydrogens is 280 g/mol. The number of hydrazine groups is 1. The molecule has 0 fully saturated rings. The van der Waals surface area contributed by atoms with Crippen LogP contribution >= 0.6 is 11.6 Å². The van der Waals surface area contributed by atoms with Crippen molar-refractivity contribution in [1.29, 1.82) is 0 Å². The van der Waals surface area contributed by atoms with Gasteiger partial charge in [-0.15, -0.1) is 0 Å². The number of aromatic nitrogens is 1. The third-order valence-electron chi connectivity index (χ3n) is 2.39. The fraction of sp³-hybridized carbons (Fsp3) is 0.0769. The molecule has 0 spiro atoms. The lowest BCUT2D eigenvalue weighted by molar-refractivity contribution is -0.118. The Bertz CT molecular complexity index is 589.